The van der Waals surface area contributed by atoms with Crippen LogP contribution in [0, 0.1) is 5.82 Å². The van der Waals surface area contributed by atoms with E-state index >= 15 is 0 Å². The van der Waals surface area contributed by atoms with Crippen molar-refractivity contribution >= 4 is 34.5 Å². The standard InChI is InChI=1S/C16H12FN3OS/c17-12-7-3-4-8-13(12)18-16(22)20-19-14-9-15(21)11-6-2-1-5-10(11)14/h1-9,19H,(H2,18,20,22). The molecular weight excluding hydrogens is 301 g/mol. The molecule has 0 spiro atoms. The van der Waals surface area contributed by atoms with Gasteiger partial charge in [0.15, 0.2) is 10.9 Å². The van der Waals surface area contributed by atoms with E-state index in [9.17, 15) is 9.18 Å². The molecule has 3 rings (SSSR count). The second kappa shape index (κ2) is 5.95. The van der Waals surface area contributed by atoms with Gasteiger partial charge in [0, 0.05) is 17.2 Å². The smallest absolute Gasteiger partial charge is 0.189 e. The topological polar surface area (TPSA) is 53.2 Å². The minimum absolute atomic E-state index is 0.0621. The summed E-state index contributed by atoms with van der Waals surface area (Å²) in [7, 11) is 0. The summed E-state index contributed by atoms with van der Waals surface area (Å²) in [5.41, 5.74) is 7.96. The number of allylic oxidation sites excluding steroid dienone is 1. The Morgan fingerprint density at radius 3 is 2.45 bits per heavy atom. The van der Waals surface area contributed by atoms with Crippen LogP contribution in [0.15, 0.2) is 54.6 Å². The number of ketones is 1. The van der Waals surface area contributed by atoms with Crippen LogP contribution in [0.3, 0.4) is 0 Å². The van der Waals surface area contributed by atoms with Gasteiger partial charge in [-0.25, -0.2) is 4.39 Å². The zero-order valence-electron chi connectivity index (χ0n) is 11.4. The van der Waals surface area contributed by atoms with Crippen molar-refractivity contribution in [3.8, 4) is 0 Å². The van der Waals surface area contributed by atoms with Crippen molar-refractivity contribution in [1.82, 2.24) is 10.9 Å². The molecule has 1 aliphatic rings. The zero-order chi connectivity index (χ0) is 15.5. The van der Waals surface area contributed by atoms with E-state index in [1.165, 1.54) is 12.1 Å². The lowest BCUT2D eigenvalue weighted by Gasteiger charge is -2.14. The fourth-order valence-corrected chi connectivity index (χ4v) is 2.32. The van der Waals surface area contributed by atoms with Crippen LogP contribution in [0.5, 0.6) is 0 Å². The lowest BCUT2D eigenvalue weighted by molar-refractivity contribution is 0.105. The van der Waals surface area contributed by atoms with Crippen molar-refractivity contribution in [3.63, 3.8) is 0 Å². The van der Waals surface area contributed by atoms with Gasteiger partial charge < -0.3 is 5.32 Å². The van der Waals surface area contributed by atoms with Crippen LogP contribution >= 0.6 is 12.2 Å². The summed E-state index contributed by atoms with van der Waals surface area (Å²) in [6.07, 6.45) is 1.49. The first-order chi connectivity index (χ1) is 10.6. The fourth-order valence-electron chi connectivity index (χ4n) is 2.16. The van der Waals surface area contributed by atoms with Crippen molar-refractivity contribution in [2.24, 2.45) is 0 Å². The number of hydrogen-bond donors (Lipinski definition) is 3. The van der Waals surface area contributed by atoms with E-state index in [0.717, 1.165) is 5.56 Å². The Kier molecular flexibility index (Phi) is 3.84. The highest BCUT2D eigenvalue weighted by molar-refractivity contribution is 7.80. The van der Waals surface area contributed by atoms with Crippen LogP contribution in [-0.4, -0.2) is 10.9 Å². The number of hydrazine groups is 1. The maximum atomic E-state index is 13.5. The molecule has 3 N–H and O–H groups in total. The van der Waals surface area contributed by atoms with Crippen LogP contribution in [0.25, 0.3) is 5.70 Å². The molecule has 0 aromatic heterocycles. The van der Waals surface area contributed by atoms with Crippen molar-refractivity contribution in [1.29, 1.82) is 0 Å². The SMILES string of the molecule is O=C1C=C(NNC(=S)Nc2ccccc2F)c2ccccc21. The molecule has 0 aliphatic heterocycles. The lowest BCUT2D eigenvalue weighted by Crippen LogP contribution is -2.39. The largest absolute Gasteiger partial charge is 0.329 e. The first-order valence-corrected chi connectivity index (χ1v) is 6.99. The third-order valence-corrected chi connectivity index (χ3v) is 3.40. The van der Waals surface area contributed by atoms with Crippen molar-refractivity contribution in [2.45, 2.75) is 0 Å². The molecular formula is C16H12FN3OS. The summed E-state index contributed by atoms with van der Waals surface area (Å²) in [5.74, 6) is -0.458. The predicted molar refractivity (Wildman–Crippen MR) is 87.6 cm³/mol. The van der Waals surface area contributed by atoms with E-state index in [-0.39, 0.29) is 16.6 Å². The highest BCUT2D eigenvalue weighted by Crippen LogP contribution is 2.24. The van der Waals surface area contributed by atoms with Crippen LogP contribution < -0.4 is 16.2 Å². The van der Waals surface area contributed by atoms with Gasteiger partial charge in [-0.1, -0.05) is 36.4 Å². The minimum Gasteiger partial charge on any atom is -0.329 e. The molecule has 0 bridgehead atoms. The molecule has 0 saturated carbocycles. The number of rotatable bonds is 3. The molecule has 0 fully saturated rings. The normalized spacial score (nSPS) is 12.4. The van der Waals surface area contributed by atoms with Gasteiger partial charge in [0.25, 0.3) is 0 Å². The number of carbonyl (C=O) groups is 1. The lowest BCUT2D eigenvalue weighted by atomic mass is 10.1. The van der Waals surface area contributed by atoms with E-state index in [1.807, 2.05) is 18.2 Å². The molecule has 2 aromatic rings. The Morgan fingerprint density at radius 2 is 1.68 bits per heavy atom. The molecule has 22 heavy (non-hydrogen) atoms. The average Bonchev–Trinajstić information content (AvgIpc) is 2.85. The van der Waals surface area contributed by atoms with Crippen molar-refractivity contribution in [2.75, 3.05) is 5.32 Å². The molecule has 0 radical (unpaired) electrons. The molecule has 1 aliphatic carbocycles. The second-order valence-corrected chi connectivity index (χ2v) is 5.06. The summed E-state index contributed by atoms with van der Waals surface area (Å²) in [5, 5.41) is 2.94. The first-order valence-electron chi connectivity index (χ1n) is 6.58. The summed E-state index contributed by atoms with van der Waals surface area (Å²) < 4.78 is 13.5. The average molecular weight is 313 g/mol. The Bertz CT molecular complexity index is 788. The monoisotopic (exact) mass is 313 g/mol. The van der Waals surface area contributed by atoms with Gasteiger partial charge in [0.2, 0.25) is 0 Å². The highest BCUT2D eigenvalue weighted by Gasteiger charge is 2.20. The van der Waals surface area contributed by atoms with Gasteiger partial charge in [0.05, 0.1) is 11.4 Å². The Morgan fingerprint density at radius 1 is 1.00 bits per heavy atom. The predicted octanol–water partition coefficient (Wildman–Crippen LogP) is 2.85. The van der Waals surface area contributed by atoms with E-state index < -0.39 is 5.82 Å². The van der Waals surface area contributed by atoms with E-state index in [0.29, 0.717) is 11.3 Å². The number of benzene rings is 2. The van der Waals surface area contributed by atoms with Crippen LogP contribution in [-0.2, 0) is 0 Å². The van der Waals surface area contributed by atoms with E-state index in [1.54, 1.807) is 24.3 Å². The second-order valence-electron chi connectivity index (χ2n) is 4.65. The van der Waals surface area contributed by atoms with Crippen LogP contribution in [0.2, 0.25) is 0 Å². The number of halogens is 1. The quantitative estimate of drug-likeness (QED) is 0.601. The minimum atomic E-state index is -0.396. The summed E-state index contributed by atoms with van der Waals surface area (Å²) in [4.78, 5) is 11.8. The number of nitrogens with one attached hydrogen (secondary N) is 3. The molecule has 2 aromatic carbocycles. The van der Waals surface area contributed by atoms with Gasteiger partial charge in [-0.05, 0) is 24.4 Å². The Balaban J connectivity index is 1.64. The summed E-state index contributed by atoms with van der Waals surface area (Å²) in [6.45, 7) is 0. The van der Waals surface area contributed by atoms with E-state index in [4.69, 9.17) is 12.2 Å². The molecule has 110 valence electrons. The first kappa shape index (κ1) is 14.2. The van der Waals surface area contributed by atoms with Crippen LogP contribution in [0.1, 0.15) is 15.9 Å². The Labute approximate surface area is 132 Å². The third kappa shape index (κ3) is 2.82. The maximum Gasteiger partial charge on any atom is 0.189 e. The number of anilines is 1. The number of thiocarbonyl (C=S) groups is 1. The maximum absolute atomic E-state index is 13.5. The number of fused-ring (bicyclic) bond motifs is 1. The molecule has 0 unspecified atom stereocenters. The number of para-hydroxylation sites is 1. The summed E-state index contributed by atoms with van der Waals surface area (Å²) in [6, 6.07) is 13.5. The number of hydrogen-bond acceptors (Lipinski definition) is 3. The van der Waals surface area contributed by atoms with Gasteiger partial charge >= 0.3 is 0 Å². The molecule has 4 nitrogen and oxygen atoms in total. The van der Waals surface area contributed by atoms with Gasteiger partial charge in [-0.2, -0.15) is 0 Å². The molecule has 0 heterocycles. The molecule has 6 heteroatoms. The molecule has 0 saturated heterocycles. The van der Waals surface area contributed by atoms with Gasteiger partial charge in [-0.15, -0.1) is 0 Å². The number of carbonyl (C=O) groups excluding carboxylic acids is 1. The Hall–Kier alpha value is -2.73. The van der Waals surface area contributed by atoms with Gasteiger partial charge in [-0.3, -0.25) is 15.6 Å². The van der Waals surface area contributed by atoms with Crippen molar-refractivity contribution in [3.05, 3.63) is 71.6 Å². The summed E-state index contributed by atoms with van der Waals surface area (Å²) >= 11 is 5.09. The highest BCUT2D eigenvalue weighted by atomic mass is 32.1. The fraction of sp³-hybridized carbons (Fsp3) is 0. The zero-order valence-corrected chi connectivity index (χ0v) is 12.2. The third-order valence-electron chi connectivity index (χ3n) is 3.19. The molecule has 0 atom stereocenters. The molecule has 0 amide bonds. The van der Waals surface area contributed by atoms with Crippen LogP contribution in [0.4, 0.5) is 10.1 Å². The van der Waals surface area contributed by atoms with Gasteiger partial charge in [0.1, 0.15) is 5.82 Å². The van der Waals surface area contributed by atoms with E-state index in [2.05, 4.69) is 16.2 Å². The van der Waals surface area contributed by atoms with Crippen molar-refractivity contribution < 1.29 is 9.18 Å².